The zero-order chi connectivity index (χ0) is 24.8. The van der Waals surface area contributed by atoms with Crippen molar-refractivity contribution in [2.75, 3.05) is 12.8 Å². The van der Waals surface area contributed by atoms with E-state index >= 15 is 0 Å². The van der Waals surface area contributed by atoms with Crippen LogP contribution in [0.15, 0.2) is 34.5 Å². The molecule has 1 aromatic heterocycles. The number of carbonyl (C=O) groups is 2. The first-order valence-electron chi connectivity index (χ1n) is 10.6. The van der Waals surface area contributed by atoms with E-state index in [-0.39, 0.29) is 20.6 Å². The second kappa shape index (κ2) is 8.95. The molecule has 2 fully saturated rings. The molecule has 2 heterocycles. The van der Waals surface area contributed by atoms with Crippen LogP contribution in [0.3, 0.4) is 0 Å². The van der Waals surface area contributed by atoms with Gasteiger partial charge in [-0.3, -0.25) is 9.59 Å². The summed E-state index contributed by atoms with van der Waals surface area (Å²) in [5, 5.41) is 2.76. The molecule has 1 saturated carbocycles. The minimum Gasteiger partial charge on any atom is -0.347 e. The van der Waals surface area contributed by atoms with Gasteiger partial charge in [0.15, 0.2) is 9.84 Å². The number of carbonyl (C=O) groups excluding carboxylic acids is 2. The van der Waals surface area contributed by atoms with Crippen molar-refractivity contribution in [1.82, 2.24) is 10.2 Å². The number of amides is 2. The molecule has 4 rings (SSSR count). The molecule has 1 saturated heterocycles. The summed E-state index contributed by atoms with van der Waals surface area (Å²) in [6, 6.07) is 3.38. The molecule has 184 valence electrons. The SMILES string of the molecule is CS(=O)(=O)c1ccc(C(=O)N2CCC[C@@H]2C(=O)NC(c2ccc(C(F)(F)F)cc2F)C2CC2)s1. The van der Waals surface area contributed by atoms with Gasteiger partial charge in [-0.15, -0.1) is 11.3 Å². The minimum atomic E-state index is -4.68. The van der Waals surface area contributed by atoms with Crippen molar-refractivity contribution >= 4 is 33.0 Å². The van der Waals surface area contributed by atoms with Crippen LogP contribution in [-0.2, 0) is 20.8 Å². The van der Waals surface area contributed by atoms with Gasteiger partial charge in [-0.05, 0) is 55.9 Å². The number of rotatable bonds is 6. The lowest BCUT2D eigenvalue weighted by Crippen LogP contribution is -2.47. The van der Waals surface area contributed by atoms with Crippen LogP contribution in [-0.4, -0.2) is 44.0 Å². The maximum Gasteiger partial charge on any atom is 0.416 e. The monoisotopic (exact) mass is 518 g/mol. The van der Waals surface area contributed by atoms with E-state index in [1.807, 2.05) is 0 Å². The van der Waals surface area contributed by atoms with Gasteiger partial charge < -0.3 is 10.2 Å². The Labute approximate surface area is 197 Å². The van der Waals surface area contributed by atoms with Gasteiger partial charge in [-0.25, -0.2) is 12.8 Å². The molecule has 12 heteroatoms. The fourth-order valence-electron chi connectivity index (χ4n) is 4.14. The van der Waals surface area contributed by atoms with Crippen LogP contribution >= 0.6 is 11.3 Å². The molecule has 1 unspecified atom stereocenters. The molecule has 0 spiro atoms. The van der Waals surface area contributed by atoms with Gasteiger partial charge in [0.25, 0.3) is 5.91 Å². The number of benzene rings is 1. The highest BCUT2D eigenvalue weighted by Crippen LogP contribution is 2.43. The summed E-state index contributed by atoms with van der Waals surface area (Å²) in [7, 11) is -3.47. The lowest BCUT2D eigenvalue weighted by molar-refractivity contribution is -0.137. The maximum absolute atomic E-state index is 14.6. The fourth-order valence-corrected chi connectivity index (χ4v) is 6.03. The molecule has 2 aliphatic rings. The summed E-state index contributed by atoms with van der Waals surface area (Å²) in [6.07, 6.45) is -1.32. The van der Waals surface area contributed by atoms with Crippen molar-refractivity contribution < 1.29 is 35.6 Å². The summed E-state index contributed by atoms with van der Waals surface area (Å²) in [4.78, 5) is 27.6. The third kappa shape index (κ3) is 5.12. The largest absolute Gasteiger partial charge is 0.416 e. The molecular weight excluding hydrogens is 496 g/mol. The zero-order valence-electron chi connectivity index (χ0n) is 18.1. The van der Waals surface area contributed by atoms with E-state index in [0.29, 0.717) is 38.3 Å². The maximum atomic E-state index is 14.6. The topological polar surface area (TPSA) is 83.6 Å². The zero-order valence-corrected chi connectivity index (χ0v) is 19.7. The van der Waals surface area contributed by atoms with Crippen LogP contribution in [0.25, 0.3) is 0 Å². The highest BCUT2D eigenvalue weighted by molar-refractivity contribution is 7.92. The Balaban J connectivity index is 1.52. The first-order valence-corrected chi connectivity index (χ1v) is 13.3. The van der Waals surface area contributed by atoms with Crippen LogP contribution in [0.1, 0.15) is 52.5 Å². The molecule has 6 nitrogen and oxygen atoms in total. The van der Waals surface area contributed by atoms with Gasteiger partial charge >= 0.3 is 6.18 Å². The van der Waals surface area contributed by atoms with Crippen LogP contribution in [0, 0.1) is 11.7 Å². The lowest BCUT2D eigenvalue weighted by atomic mass is 9.99. The highest BCUT2D eigenvalue weighted by Gasteiger charge is 2.41. The first-order chi connectivity index (χ1) is 15.9. The second-order valence-electron chi connectivity index (χ2n) is 8.61. The molecule has 34 heavy (non-hydrogen) atoms. The minimum absolute atomic E-state index is 0.0178. The Bertz CT molecular complexity index is 1220. The average Bonchev–Trinajstić information content (AvgIpc) is 3.25. The fraction of sp³-hybridized carbons (Fsp3) is 0.455. The van der Waals surface area contributed by atoms with Crippen molar-refractivity contribution in [3.05, 3.63) is 52.2 Å². The molecule has 1 aliphatic heterocycles. The summed E-state index contributed by atoms with van der Waals surface area (Å²) >= 11 is 0.827. The van der Waals surface area contributed by atoms with Crippen LogP contribution in [0.5, 0.6) is 0 Å². The van der Waals surface area contributed by atoms with Crippen molar-refractivity contribution in [1.29, 1.82) is 0 Å². The van der Waals surface area contributed by atoms with E-state index in [2.05, 4.69) is 5.32 Å². The molecule has 2 aromatic rings. The molecule has 1 aliphatic carbocycles. The second-order valence-corrected chi connectivity index (χ2v) is 11.9. The molecule has 0 bridgehead atoms. The third-order valence-electron chi connectivity index (χ3n) is 6.03. The Morgan fingerprint density at radius 3 is 2.41 bits per heavy atom. The summed E-state index contributed by atoms with van der Waals surface area (Å²) < 4.78 is 76.8. The number of likely N-dealkylation sites (tertiary alicyclic amines) is 1. The predicted octanol–water partition coefficient (Wildman–Crippen LogP) is 4.18. The van der Waals surface area contributed by atoms with Gasteiger partial charge in [-0.2, -0.15) is 13.2 Å². The van der Waals surface area contributed by atoms with E-state index in [0.717, 1.165) is 29.7 Å². The Hall–Kier alpha value is -2.47. The van der Waals surface area contributed by atoms with E-state index < -0.39 is 51.3 Å². The number of halogens is 4. The number of sulfone groups is 1. The van der Waals surface area contributed by atoms with Gasteiger partial charge in [-0.1, -0.05) is 6.07 Å². The molecule has 2 amide bonds. The summed E-state index contributed by atoms with van der Waals surface area (Å²) in [6.45, 7) is 0.297. The molecule has 1 aromatic carbocycles. The Kier molecular flexibility index (Phi) is 6.49. The van der Waals surface area contributed by atoms with Crippen molar-refractivity contribution in [3.8, 4) is 0 Å². The van der Waals surface area contributed by atoms with Gasteiger partial charge in [0.1, 0.15) is 16.1 Å². The van der Waals surface area contributed by atoms with Crippen molar-refractivity contribution in [2.24, 2.45) is 5.92 Å². The molecular formula is C22H22F4N2O4S2. The average molecular weight is 519 g/mol. The molecule has 1 N–H and O–H groups in total. The summed E-state index contributed by atoms with van der Waals surface area (Å²) in [5.41, 5.74) is -1.12. The van der Waals surface area contributed by atoms with E-state index in [9.17, 15) is 35.6 Å². The van der Waals surface area contributed by atoms with Crippen LogP contribution in [0.2, 0.25) is 0 Å². The van der Waals surface area contributed by atoms with Gasteiger partial charge in [0.2, 0.25) is 5.91 Å². The Morgan fingerprint density at radius 2 is 1.85 bits per heavy atom. The lowest BCUT2D eigenvalue weighted by Gasteiger charge is -2.27. The number of hydrogen-bond acceptors (Lipinski definition) is 5. The van der Waals surface area contributed by atoms with Gasteiger partial charge in [0.05, 0.1) is 16.5 Å². The summed E-state index contributed by atoms with van der Waals surface area (Å²) in [5.74, 6) is -2.13. The van der Waals surface area contributed by atoms with Crippen molar-refractivity contribution in [3.63, 3.8) is 0 Å². The standard InChI is InChI=1S/C22H22F4N2O4S2/c1-34(31,32)18-9-8-17(33-18)21(30)28-10-2-3-16(28)20(29)27-19(12-4-5-12)14-7-6-13(11-15(14)23)22(24,25)26/h6-9,11-12,16,19H,2-5,10H2,1H3,(H,27,29)/t16-,19?/m1/s1. The number of thiophene rings is 1. The quantitative estimate of drug-likeness (QED) is 0.582. The van der Waals surface area contributed by atoms with Gasteiger partial charge in [0, 0.05) is 18.4 Å². The number of alkyl halides is 3. The first kappa shape index (κ1) is 24.6. The van der Waals surface area contributed by atoms with E-state index in [4.69, 9.17) is 0 Å². The smallest absolute Gasteiger partial charge is 0.347 e. The number of nitrogens with one attached hydrogen (secondary N) is 1. The predicted molar refractivity (Wildman–Crippen MR) is 116 cm³/mol. The molecule has 0 radical (unpaired) electrons. The van der Waals surface area contributed by atoms with E-state index in [1.54, 1.807) is 0 Å². The van der Waals surface area contributed by atoms with E-state index in [1.165, 1.54) is 17.0 Å². The number of hydrogen-bond donors (Lipinski definition) is 1. The number of nitrogens with zero attached hydrogens (tertiary/aromatic N) is 1. The third-order valence-corrected chi connectivity index (χ3v) is 8.92. The van der Waals surface area contributed by atoms with Crippen molar-refractivity contribution in [2.45, 2.75) is 48.2 Å². The van der Waals surface area contributed by atoms with Crippen LogP contribution in [0.4, 0.5) is 17.6 Å². The molecule has 2 atom stereocenters. The normalized spacial score (nSPS) is 19.8. The Morgan fingerprint density at radius 1 is 1.15 bits per heavy atom. The van der Waals surface area contributed by atoms with Crippen LogP contribution < -0.4 is 5.32 Å². The highest BCUT2D eigenvalue weighted by atomic mass is 32.2.